The van der Waals surface area contributed by atoms with Gasteiger partial charge in [-0.05, 0) is 43.7 Å². The first-order valence-electron chi connectivity index (χ1n) is 10.2. The minimum absolute atomic E-state index is 0.00486. The van der Waals surface area contributed by atoms with Gasteiger partial charge in [-0.25, -0.2) is 0 Å². The first kappa shape index (κ1) is 25.6. The highest BCUT2D eigenvalue weighted by Crippen LogP contribution is 2.34. The molecule has 2 aromatic carbocycles. The van der Waals surface area contributed by atoms with Crippen LogP contribution in [0.5, 0.6) is 0 Å². The molecule has 12 heteroatoms. The number of carbonyl (C=O) groups excluding carboxylic acids is 2. The Kier molecular flexibility index (Phi) is 8.21. The molecule has 3 aromatic rings. The first-order chi connectivity index (χ1) is 16.1. The van der Waals surface area contributed by atoms with Crippen LogP contribution >= 0.6 is 23.4 Å². The largest absolute Gasteiger partial charge is 0.416 e. The first-order valence-corrected chi connectivity index (χ1v) is 11.5. The van der Waals surface area contributed by atoms with Crippen LogP contribution in [0.1, 0.15) is 34.2 Å². The second kappa shape index (κ2) is 10.9. The van der Waals surface area contributed by atoms with Crippen LogP contribution in [-0.2, 0) is 24.1 Å². The third-order valence-corrected chi connectivity index (χ3v) is 6.10. The summed E-state index contributed by atoms with van der Waals surface area (Å²) in [6.45, 7) is 4.34. The van der Waals surface area contributed by atoms with Crippen molar-refractivity contribution in [1.29, 1.82) is 0 Å². The monoisotopic (exact) mass is 511 g/mol. The maximum atomic E-state index is 12.9. The number of hydrogen-bond donors (Lipinski definition) is 2. The molecule has 0 spiro atoms. The van der Waals surface area contributed by atoms with Gasteiger partial charge in [-0.3, -0.25) is 9.59 Å². The molecular formula is C22H21ClF3N5O2S. The maximum absolute atomic E-state index is 12.9. The predicted molar refractivity (Wildman–Crippen MR) is 124 cm³/mol. The average molecular weight is 512 g/mol. The van der Waals surface area contributed by atoms with Crippen molar-refractivity contribution in [3.8, 4) is 0 Å². The van der Waals surface area contributed by atoms with E-state index in [9.17, 15) is 22.8 Å². The summed E-state index contributed by atoms with van der Waals surface area (Å²) in [6, 6.07) is 9.91. The van der Waals surface area contributed by atoms with Crippen molar-refractivity contribution in [3.05, 3.63) is 70.0 Å². The lowest BCUT2D eigenvalue weighted by molar-refractivity contribution is -0.137. The molecule has 0 saturated carbocycles. The molecule has 180 valence electrons. The molecule has 3 rings (SSSR count). The van der Waals surface area contributed by atoms with Crippen LogP contribution in [-0.4, -0.2) is 32.3 Å². The Morgan fingerprint density at radius 2 is 1.88 bits per heavy atom. The summed E-state index contributed by atoms with van der Waals surface area (Å²) >= 11 is 6.99. The summed E-state index contributed by atoms with van der Waals surface area (Å²) in [5.74, 6) is -0.407. The summed E-state index contributed by atoms with van der Waals surface area (Å²) in [5, 5.41) is 13.8. The van der Waals surface area contributed by atoms with Crippen LogP contribution in [0.25, 0.3) is 0 Å². The number of hydrogen-bond acceptors (Lipinski definition) is 5. The summed E-state index contributed by atoms with van der Waals surface area (Å²) in [7, 11) is 0. The van der Waals surface area contributed by atoms with Crippen molar-refractivity contribution in [3.63, 3.8) is 0 Å². The van der Waals surface area contributed by atoms with Crippen molar-refractivity contribution in [2.24, 2.45) is 0 Å². The Bertz CT molecular complexity index is 1200. The van der Waals surface area contributed by atoms with E-state index in [1.54, 1.807) is 16.7 Å². The second-order valence-electron chi connectivity index (χ2n) is 7.17. The van der Waals surface area contributed by atoms with Crippen LogP contribution in [0.2, 0.25) is 5.02 Å². The van der Waals surface area contributed by atoms with Crippen molar-refractivity contribution in [1.82, 2.24) is 20.1 Å². The molecular weight excluding hydrogens is 491 g/mol. The molecule has 2 N–H and O–H groups in total. The van der Waals surface area contributed by atoms with Gasteiger partial charge in [-0.1, -0.05) is 41.6 Å². The van der Waals surface area contributed by atoms with E-state index in [1.165, 1.54) is 0 Å². The minimum Gasteiger partial charge on any atom is -0.345 e. The van der Waals surface area contributed by atoms with E-state index in [1.807, 2.05) is 26.0 Å². The Labute approximate surface area is 203 Å². The molecule has 34 heavy (non-hydrogen) atoms. The van der Waals surface area contributed by atoms with Gasteiger partial charge in [0.05, 0.1) is 28.6 Å². The van der Waals surface area contributed by atoms with Gasteiger partial charge in [-0.15, -0.1) is 10.2 Å². The molecule has 0 radical (unpaired) electrons. The smallest absolute Gasteiger partial charge is 0.345 e. The van der Waals surface area contributed by atoms with Gasteiger partial charge in [0.15, 0.2) is 11.0 Å². The lowest BCUT2D eigenvalue weighted by Crippen LogP contribution is -2.25. The predicted octanol–water partition coefficient (Wildman–Crippen LogP) is 4.94. The highest BCUT2D eigenvalue weighted by Gasteiger charge is 2.31. The van der Waals surface area contributed by atoms with Crippen LogP contribution in [0.3, 0.4) is 0 Å². The van der Waals surface area contributed by atoms with E-state index in [4.69, 9.17) is 11.6 Å². The quantitative estimate of drug-likeness (QED) is 0.418. The number of rotatable bonds is 8. The number of halogens is 4. The third kappa shape index (κ3) is 6.29. The van der Waals surface area contributed by atoms with Crippen LogP contribution in [0.15, 0.2) is 47.6 Å². The Morgan fingerprint density at radius 1 is 1.15 bits per heavy atom. The number of benzene rings is 2. The lowest BCUT2D eigenvalue weighted by Gasteiger charge is -2.12. The molecule has 0 aliphatic carbocycles. The highest BCUT2D eigenvalue weighted by molar-refractivity contribution is 7.99. The number of alkyl halides is 3. The molecule has 0 aliphatic rings. The van der Waals surface area contributed by atoms with Crippen molar-refractivity contribution in [2.45, 2.75) is 38.3 Å². The van der Waals surface area contributed by atoms with E-state index in [0.717, 1.165) is 35.5 Å². The van der Waals surface area contributed by atoms with Gasteiger partial charge >= 0.3 is 6.18 Å². The molecule has 0 aliphatic heterocycles. The lowest BCUT2D eigenvalue weighted by atomic mass is 10.1. The Morgan fingerprint density at radius 3 is 2.56 bits per heavy atom. The van der Waals surface area contributed by atoms with E-state index < -0.39 is 17.6 Å². The van der Waals surface area contributed by atoms with Crippen molar-refractivity contribution in [2.75, 3.05) is 11.1 Å². The number of amides is 2. The number of aromatic nitrogens is 3. The maximum Gasteiger partial charge on any atom is 0.416 e. The van der Waals surface area contributed by atoms with E-state index >= 15 is 0 Å². The summed E-state index contributed by atoms with van der Waals surface area (Å²) in [4.78, 5) is 24.8. The summed E-state index contributed by atoms with van der Waals surface area (Å²) in [6.07, 6.45) is -4.55. The number of anilines is 1. The number of nitrogens with one attached hydrogen (secondary N) is 2. The molecule has 2 amide bonds. The van der Waals surface area contributed by atoms with Gasteiger partial charge in [0, 0.05) is 12.1 Å². The molecule has 7 nitrogen and oxygen atoms in total. The molecule has 0 unspecified atom stereocenters. The molecule has 0 atom stereocenters. The number of thioether (sulfide) groups is 1. The zero-order valence-corrected chi connectivity index (χ0v) is 19.8. The second-order valence-corrected chi connectivity index (χ2v) is 8.52. The van der Waals surface area contributed by atoms with E-state index in [0.29, 0.717) is 23.1 Å². The zero-order chi connectivity index (χ0) is 24.9. The van der Waals surface area contributed by atoms with Gasteiger partial charge in [-0.2, -0.15) is 13.2 Å². The molecule has 1 aromatic heterocycles. The molecule has 0 fully saturated rings. The fourth-order valence-corrected chi connectivity index (χ4v) is 4.06. The molecule has 0 saturated heterocycles. The van der Waals surface area contributed by atoms with Gasteiger partial charge in [0.25, 0.3) is 5.91 Å². The summed E-state index contributed by atoms with van der Waals surface area (Å²) in [5.41, 5.74) is 0.367. The fraction of sp³-hybridized carbons (Fsp3) is 0.273. The van der Waals surface area contributed by atoms with Crippen molar-refractivity contribution < 1.29 is 22.8 Å². The van der Waals surface area contributed by atoms with Crippen LogP contribution < -0.4 is 10.6 Å². The van der Waals surface area contributed by atoms with E-state index in [2.05, 4.69) is 20.8 Å². The van der Waals surface area contributed by atoms with Gasteiger partial charge in [0.2, 0.25) is 5.91 Å². The molecule has 1 heterocycles. The van der Waals surface area contributed by atoms with Gasteiger partial charge < -0.3 is 15.2 Å². The Hall–Kier alpha value is -3.05. The van der Waals surface area contributed by atoms with Crippen molar-refractivity contribution >= 4 is 40.9 Å². The third-order valence-electron chi connectivity index (χ3n) is 4.81. The van der Waals surface area contributed by atoms with E-state index in [-0.39, 0.29) is 28.9 Å². The van der Waals surface area contributed by atoms with Gasteiger partial charge in [0.1, 0.15) is 0 Å². The van der Waals surface area contributed by atoms with Crippen LogP contribution in [0, 0.1) is 6.92 Å². The summed E-state index contributed by atoms with van der Waals surface area (Å²) < 4.78 is 40.5. The van der Waals surface area contributed by atoms with Crippen LogP contribution in [0.4, 0.5) is 18.9 Å². The zero-order valence-electron chi connectivity index (χ0n) is 18.2. The number of aryl methyl sites for hydroxylation is 1. The SMILES string of the molecule is CCn1c(CNC(=O)c2ccccc2C)nnc1SCC(=O)Nc1cc(C(F)(F)F)ccc1Cl. The average Bonchev–Trinajstić information content (AvgIpc) is 3.19. The number of carbonyl (C=O) groups is 2. The molecule has 0 bridgehead atoms. The minimum atomic E-state index is -4.55. The Balaban J connectivity index is 1.61. The number of nitrogens with zero attached hydrogens (tertiary/aromatic N) is 3. The standard InChI is InChI=1S/C22H21ClF3N5O2S/c1-3-31-18(11-27-20(33)15-7-5-4-6-13(15)2)29-30-21(31)34-12-19(32)28-17-10-14(22(24,25)26)8-9-16(17)23/h4-10H,3,11-12H2,1-2H3,(H,27,33)(H,28,32). The fourth-order valence-electron chi connectivity index (χ4n) is 3.07. The normalized spacial score (nSPS) is 11.4. The highest BCUT2D eigenvalue weighted by atomic mass is 35.5. The topological polar surface area (TPSA) is 88.9 Å².